The molecule has 0 saturated heterocycles. The second kappa shape index (κ2) is 21.2. The molecule has 0 bridgehead atoms. The van der Waals surface area contributed by atoms with Crippen molar-refractivity contribution >= 4 is 11.8 Å². The van der Waals surface area contributed by atoms with Crippen molar-refractivity contribution in [1.82, 2.24) is 10.6 Å². The zero-order valence-corrected chi connectivity index (χ0v) is 13.3. The lowest BCUT2D eigenvalue weighted by molar-refractivity contribution is -0.407. The molecule has 0 aliphatic carbocycles. The average Bonchev–Trinajstić information content (AvgIpc) is 2.16. The van der Waals surface area contributed by atoms with Crippen LogP contribution in [-0.4, -0.2) is 38.0 Å². The zero-order valence-electron chi connectivity index (χ0n) is 13.3. The van der Waals surface area contributed by atoms with Crippen LogP contribution in [0.15, 0.2) is 0 Å². The SMILES string of the molecule is CC(C)N.CC(C)[NH3+].CNC(C)=O.CNC(C)=O. The Morgan fingerprint density at radius 2 is 1.00 bits per heavy atom. The Morgan fingerprint density at radius 3 is 1.00 bits per heavy atom. The molecule has 6 heteroatoms. The Kier molecular flexibility index (Phi) is 30.2. The second-order valence-electron chi connectivity index (χ2n) is 4.25. The highest BCUT2D eigenvalue weighted by Crippen LogP contribution is 1.58. The van der Waals surface area contributed by atoms with E-state index < -0.39 is 0 Å². The van der Waals surface area contributed by atoms with Gasteiger partial charge < -0.3 is 22.1 Å². The van der Waals surface area contributed by atoms with Gasteiger partial charge >= 0.3 is 0 Å². The lowest BCUT2D eigenvalue weighted by atomic mass is 10.4. The third kappa shape index (κ3) is 349. The first-order valence-corrected chi connectivity index (χ1v) is 5.96. The van der Waals surface area contributed by atoms with E-state index in [-0.39, 0.29) is 11.8 Å². The molecule has 2 amide bonds. The van der Waals surface area contributed by atoms with E-state index in [1.807, 2.05) is 13.8 Å². The first-order valence-electron chi connectivity index (χ1n) is 5.96. The number of quaternary nitrogens is 1. The van der Waals surface area contributed by atoms with E-state index in [9.17, 15) is 9.59 Å². The van der Waals surface area contributed by atoms with Crippen molar-refractivity contribution in [3.63, 3.8) is 0 Å². The van der Waals surface area contributed by atoms with Crippen molar-refractivity contribution in [2.45, 2.75) is 53.6 Å². The van der Waals surface area contributed by atoms with E-state index in [0.29, 0.717) is 12.1 Å². The molecule has 0 heterocycles. The van der Waals surface area contributed by atoms with E-state index in [2.05, 4.69) is 30.2 Å². The maximum Gasteiger partial charge on any atom is 0.216 e. The van der Waals surface area contributed by atoms with Gasteiger partial charge in [0.1, 0.15) is 0 Å². The molecule has 0 saturated carbocycles. The first-order chi connectivity index (χ1) is 8.00. The van der Waals surface area contributed by atoms with Gasteiger partial charge in [-0.2, -0.15) is 0 Å². The van der Waals surface area contributed by atoms with Crippen LogP contribution < -0.4 is 22.1 Å². The summed E-state index contributed by atoms with van der Waals surface area (Å²) in [6.45, 7) is 10.9. The minimum Gasteiger partial charge on any atom is -0.359 e. The lowest BCUT2D eigenvalue weighted by Gasteiger charge is -1.81. The number of rotatable bonds is 0. The number of nitrogens with one attached hydrogen (secondary N) is 2. The summed E-state index contributed by atoms with van der Waals surface area (Å²) in [5.41, 5.74) is 8.75. The van der Waals surface area contributed by atoms with Crippen molar-refractivity contribution in [1.29, 1.82) is 0 Å². The minimum atomic E-state index is 0.00463. The van der Waals surface area contributed by atoms with Gasteiger partial charge in [-0.1, -0.05) is 13.8 Å². The minimum absolute atomic E-state index is 0.00463. The molecule has 0 rings (SSSR count). The van der Waals surface area contributed by atoms with Crippen LogP contribution in [0.3, 0.4) is 0 Å². The molecule has 0 aromatic carbocycles. The summed E-state index contributed by atoms with van der Waals surface area (Å²) in [6.07, 6.45) is 0. The summed E-state index contributed by atoms with van der Waals surface area (Å²) in [6, 6.07) is 0.917. The van der Waals surface area contributed by atoms with Gasteiger partial charge in [0.2, 0.25) is 11.8 Å². The number of carbonyl (C=O) groups excluding carboxylic acids is 2. The molecule has 7 N–H and O–H groups in total. The fraction of sp³-hybridized carbons (Fsp3) is 0.833. The summed E-state index contributed by atoms with van der Waals surface area (Å²) in [4.78, 5) is 19.4. The molecule has 0 unspecified atom stereocenters. The van der Waals surface area contributed by atoms with Crippen molar-refractivity contribution < 1.29 is 15.3 Å². The molecule has 0 aliphatic rings. The summed E-state index contributed by atoms with van der Waals surface area (Å²) < 4.78 is 0. The van der Waals surface area contributed by atoms with Crippen LogP contribution in [0.4, 0.5) is 0 Å². The second-order valence-corrected chi connectivity index (χ2v) is 4.25. The number of amides is 2. The molecule has 0 radical (unpaired) electrons. The molecule has 0 atom stereocenters. The summed E-state index contributed by atoms with van der Waals surface area (Å²) in [5, 5.41) is 4.78. The fourth-order valence-corrected chi connectivity index (χ4v) is 0. The predicted octanol–water partition coefficient (Wildman–Crippen LogP) is -0.505. The highest BCUT2D eigenvalue weighted by Gasteiger charge is 1.73. The molecule has 112 valence electrons. The summed E-state index contributed by atoms with van der Waals surface area (Å²) in [5.74, 6) is 0.00926. The molecule has 18 heavy (non-hydrogen) atoms. The van der Waals surface area contributed by atoms with Gasteiger partial charge in [0.25, 0.3) is 0 Å². The van der Waals surface area contributed by atoms with E-state index in [1.54, 1.807) is 14.1 Å². The molecular weight excluding hydrogens is 232 g/mol. The largest absolute Gasteiger partial charge is 0.359 e. The van der Waals surface area contributed by atoms with E-state index in [4.69, 9.17) is 5.73 Å². The molecular formula is C12H33N4O2+. The molecule has 0 spiro atoms. The summed E-state index contributed by atoms with van der Waals surface area (Å²) in [7, 11) is 3.20. The van der Waals surface area contributed by atoms with Crippen molar-refractivity contribution in [2.75, 3.05) is 14.1 Å². The van der Waals surface area contributed by atoms with Gasteiger partial charge in [-0.15, -0.1) is 0 Å². The van der Waals surface area contributed by atoms with E-state index in [0.717, 1.165) is 0 Å². The average molecular weight is 265 g/mol. The maximum atomic E-state index is 9.70. The van der Waals surface area contributed by atoms with Crippen LogP contribution in [0, 0.1) is 0 Å². The first kappa shape index (κ1) is 25.6. The van der Waals surface area contributed by atoms with Crippen LogP contribution in [0.25, 0.3) is 0 Å². The van der Waals surface area contributed by atoms with E-state index in [1.165, 1.54) is 13.8 Å². The van der Waals surface area contributed by atoms with Gasteiger partial charge in [0.15, 0.2) is 0 Å². The van der Waals surface area contributed by atoms with E-state index >= 15 is 0 Å². The van der Waals surface area contributed by atoms with Gasteiger partial charge in [0.05, 0.1) is 6.04 Å². The fourth-order valence-electron chi connectivity index (χ4n) is 0. The van der Waals surface area contributed by atoms with Crippen LogP contribution in [0.2, 0.25) is 0 Å². The van der Waals surface area contributed by atoms with Crippen molar-refractivity contribution in [3.05, 3.63) is 0 Å². The number of hydrogen-bond acceptors (Lipinski definition) is 3. The van der Waals surface area contributed by atoms with Crippen molar-refractivity contribution in [3.8, 4) is 0 Å². The van der Waals surface area contributed by atoms with Gasteiger partial charge in [-0.25, -0.2) is 0 Å². The van der Waals surface area contributed by atoms with Crippen LogP contribution in [0.1, 0.15) is 41.5 Å². The Balaban J connectivity index is -0.0000000731. The number of nitrogens with two attached hydrogens (primary N) is 1. The third-order valence-corrected chi connectivity index (χ3v) is 0.704. The Hall–Kier alpha value is -1.14. The number of hydrogen-bond donors (Lipinski definition) is 4. The molecule has 0 aromatic heterocycles. The van der Waals surface area contributed by atoms with Crippen LogP contribution in [0.5, 0.6) is 0 Å². The zero-order chi connectivity index (χ0) is 15.7. The lowest BCUT2D eigenvalue weighted by Crippen LogP contribution is -2.57. The van der Waals surface area contributed by atoms with Crippen LogP contribution in [-0.2, 0) is 9.59 Å². The van der Waals surface area contributed by atoms with Gasteiger partial charge in [-0.3, -0.25) is 9.59 Å². The topological polar surface area (TPSA) is 112 Å². The molecule has 0 aliphatic heterocycles. The Morgan fingerprint density at radius 1 is 0.944 bits per heavy atom. The quantitative estimate of drug-likeness (QED) is 0.473. The highest BCUT2D eigenvalue weighted by atomic mass is 16.1. The number of carbonyl (C=O) groups is 2. The monoisotopic (exact) mass is 265 g/mol. The smallest absolute Gasteiger partial charge is 0.216 e. The summed E-state index contributed by atoms with van der Waals surface area (Å²) >= 11 is 0. The van der Waals surface area contributed by atoms with Crippen molar-refractivity contribution in [2.24, 2.45) is 5.73 Å². The Bertz CT molecular complexity index is 157. The molecule has 6 nitrogen and oxygen atoms in total. The third-order valence-electron chi connectivity index (χ3n) is 0.704. The highest BCUT2D eigenvalue weighted by molar-refractivity contribution is 5.72. The van der Waals surface area contributed by atoms with Gasteiger partial charge in [0, 0.05) is 27.9 Å². The predicted molar refractivity (Wildman–Crippen MR) is 76.8 cm³/mol. The molecule has 0 fully saturated rings. The normalized spacial score (nSPS) is 7.78. The van der Waals surface area contributed by atoms with Gasteiger partial charge in [-0.05, 0) is 19.9 Å². The van der Waals surface area contributed by atoms with Crippen LogP contribution >= 0.6 is 0 Å². The maximum absolute atomic E-state index is 9.70. The molecule has 0 aromatic rings. The standard InChI is InChI=1S/2C3H7NO.2C3H9N/c2*1-3(5)4-2;2*1-3(2)4/h2*1-2H3,(H,4,5);2*3H,4H2,1-2H3/p+1. The Labute approximate surface area is 112 Å².